The minimum absolute atomic E-state index is 0.168. The van der Waals surface area contributed by atoms with Gasteiger partial charge in [0.25, 0.3) is 0 Å². The summed E-state index contributed by atoms with van der Waals surface area (Å²) in [7, 11) is 0. The van der Waals surface area contributed by atoms with Gasteiger partial charge in [0.2, 0.25) is 5.91 Å². The molecule has 6 heteroatoms. The van der Waals surface area contributed by atoms with Crippen LogP contribution in [-0.2, 0) is 11.3 Å². The average Bonchev–Trinajstić information content (AvgIpc) is 2.94. The fraction of sp³-hybridized carbons (Fsp3) is 0.0588. The number of amides is 1. The zero-order valence-electron chi connectivity index (χ0n) is 12.0. The highest BCUT2D eigenvalue weighted by Gasteiger charge is 2.03. The first kappa shape index (κ1) is 15.8. The van der Waals surface area contributed by atoms with Gasteiger partial charge >= 0.3 is 0 Å². The molecule has 3 rings (SSSR count). The van der Waals surface area contributed by atoms with Gasteiger partial charge in [-0.3, -0.25) is 4.79 Å². The number of halogens is 2. The smallest absolute Gasteiger partial charge is 0.244 e. The van der Waals surface area contributed by atoms with E-state index in [1.165, 1.54) is 6.08 Å². The molecule has 0 saturated heterocycles. The van der Waals surface area contributed by atoms with Crippen molar-refractivity contribution in [3.63, 3.8) is 0 Å². The van der Waals surface area contributed by atoms with Gasteiger partial charge in [-0.05, 0) is 51.8 Å². The summed E-state index contributed by atoms with van der Waals surface area (Å²) in [5.41, 5.74) is 2.56. The van der Waals surface area contributed by atoms with Crippen LogP contribution in [0.5, 0.6) is 0 Å². The van der Waals surface area contributed by atoms with Gasteiger partial charge in [0.05, 0.1) is 12.2 Å². The quantitative estimate of drug-likeness (QED) is 0.682. The van der Waals surface area contributed by atoms with Crippen LogP contribution in [0, 0.1) is 0 Å². The number of aromatic nitrogens is 2. The fourth-order valence-corrected chi connectivity index (χ4v) is 2.56. The first-order valence-corrected chi connectivity index (χ1v) is 8.12. The Hall–Kier alpha value is -2.11. The minimum atomic E-state index is -0.168. The number of hydrogen-bond acceptors (Lipinski definition) is 2. The van der Waals surface area contributed by atoms with Crippen molar-refractivity contribution >= 4 is 45.2 Å². The maximum absolute atomic E-state index is 11.9. The maximum Gasteiger partial charge on any atom is 0.244 e. The number of hydrogen-bond donors (Lipinski definition) is 1. The van der Waals surface area contributed by atoms with Crippen molar-refractivity contribution in [1.82, 2.24) is 14.7 Å². The van der Waals surface area contributed by atoms with Gasteiger partial charge < -0.3 is 9.72 Å². The van der Waals surface area contributed by atoms with E-state index >= 15 is 0 Å². The van der Waals surface area contributed by atoms with Crippen LogP contribution in [-0.4, -0.2) is 15.3 Å². The van der Waals surface area contributed by atoms with Crippen molar-refractivity contribution in [2.75, 3.05) is 0 Å². The van der Waals surface area contributed by atoms with Gasteiger partial charge in [0.1, 0.15) is 5.65 Å². The number of nitrogens with zero attached hydrogens (tertiary/aromatic N) is 2. The van der Waals surface area contributed by atoms with Crippen LogP contribution in [0.25, 0.3) is 11.7 Å². The number of carbonyl (C=O) groups excluding carboxylic acids is 1. The normalized spacial score (nSPS) is 11.2. The van der Waals surface area contributed by atoms with E-state index in [9.17, 15) is 4.79 Å². The third-order valence-corrected chi connectivity index (χ3v) is 3.93. The Bertz CT molecular complexity index is 871. The van der Waals surface area contributed by atoms with Crippen molar-refractivity contribution in [2.24, 2.45) is 0 Å². The van der Waals surface area contributed by atoms with Crippen molar-refractivity contribution in [1.29, 1.82) is 0 Å². The number of pyridine rings is 1. The van der Waals surface area contributed by atoms with E-state index in [4.69, 9.17) is 11.6 Å². The summed E-state index contributed by atoms with van der Waals surface area (Å²) < 4.78 is 2.89. The van der Waals surface area contributed by atoms with Crippen molar-refractivity contribution in [3.05, 3.63) is 75.6 Å². The van der Waals surface area contributed by atoms with Crippen LogP contribution in [0.3, 0.4) is 0 Å². The molecular formula is C17H13BrClN3O. The van der Waals surface area contributed by atoms with E-state index in [-0.39, 0.29) is 5.91 Å². The molecule has 116 valence electrons. The largest absolute Gasteiger partial charge is 0.347 e. The molecule has 0 saturated carbocycles. The Kier molecular flexibility index (Phi) is 4.79. The number of fused-ring (bicyclic) bond motifs is 1. The van der Waals surface area contributed by atoms with Gasteiger partial charge in [-0.1, -0.05) is 23.7 Å². The summed E-state index contributed by atoms with van der Waals surface area (Å²) in [4.78, 5) is 16.3. The maximum atomic E-state index is 11.9. The third-order valence-electron chi connectivity index (χ3n) is 3.21. The molecule has 0 atom stereocenters. The molecule has 0 aliphatic heterocycles. The summed E-state index contributed by atoms with van der Waals surface area (Å²) in [6.45, 7) is 0.378. The molecule has 2 heterocycles. The molecule has 1 N–H and O–H groups in total. The molecule has 0 aliphatic rings. The summed E-state index contributed by atoms with van der Waals surface area (Å²) in [6.07, 6.45) is 7.06. The van der Waals surface area contributed by atoms with Crippen molar-refractivity contribution < 1.29 is 4.79 Å². The molecule has 3 aromatic rings. The standard InChI is InChI=1S/C17H13BrClN3O/c18-13-4-7-16-21-15(11-22(16)10-13)9-20-17(23)8-3-12-1-5-14(19)6-2-12/h1-8,10-11H,9H2,(H,20,23)/b8-3+. The number of rotatable bonds is 4. The van der Waals surface area contributed by atoms with E-state index in [1.54, 1.807) is 18.2 Å². The second kappa shape index (κ2) is 6.98. The zero-order valence-corrected chi connectivity index (χ0v) is 14.4. The number of imidazole rings is 1. The lowest BCUT2D eigenvalue weighted by Gasteiger charge is -1.98. The highest BCUT2D eigenvalue weighted by atomic mass is 79.9. The first-order valence-electron chi connectivity index (χ1n) is 6.95. The average molecular weight is 391 g/mol. The van der Waals surface area contributed by atoms with Crippen LogP contribution in [0.2, 0.25) is 5.02 Å². The van der Waals surface area contributed by atoms with Gasteiger partial charge in [0.15, 0.2) is 0 Å². The number of nitrogens with one attached hydrogen (secondary N) is 1. The summed E-state index contributed by atoms with van der Waals surface area (Å²) in [5.74, 6) is -0.168. The number of benzene rings is 1. The van der Waals surface area contributed by atoms with Gasteiger partial charge in [0, 0.05) is 28.0 Å². The van der Waals surface area contributed by atoms with Crippen LogP contribution in [0.15, 0.2) is 59.3 Å². The Morgan fingerprint density at radius 2 is 2.00 bits per heavy atom. The van der Waals surface area contributed by atoms with Crippen molar-refractivity contribution in [3.8, 4) is 0 Å². The Morgan fingerprint density at radius 1 is 1.22 bits per heavy atom. The Balaban J connectivity index is 1.60. The van der Waals surface area contributed by atoms with Gasteiger partial charge in [-0.2, -0.15) is 0 Å². The molecule has 0 aliphatic carbocycles. The van der Waals surface area contributed by atoms with E-state index < -0.39 is 0 Å². The molecule has 23 heavy (non-hydrogen) atoms. The molecule has 0 bridgehead atoms. The summed E-state index contributed by atoms with van der Waals surface area (Å²) in [5, 5.41) is 3.49. The second-order valence-corrected chi connectivity index (χ2v) is 6.30. The van der Waals surface area contributed by atoms with E-state index in [0.717, 1.165) is 21.4 Å². The third kappa shape index (κ3) is 4.21. The van der Waals surface area contributed by atoms with Gasteiger partial charge in [-0.15, -0.1) is 0 Å². The SMILES string of the molecule is O=C(/C=C/c1ccc(Cl)cc1)NCc1cn2cc(Br)ccc2n1. The first-order chi connectivity index (χ1) is 11.1. The van der Waals surface area contributed by atoms with Crippen molar-refractivity contribution in [2.45, 2.75) is 6.54 Å². The molecule has 0 radical (unpaired) electrons. The lowest BCUT2D eigenvalue weighted by atomic mass is 10.2. The van der Waals surface area contributed by atoms with E-state index in [2.05, 4.69) is 26.2 Å². The Morgan fingerprint density at radius 3 is 2.78 bits per heavy atom. The number of carbonyl (C=O) groups is 1. The molecular weight excluding hydrogens is 378 g/mol. The fourth-order valence-electron chi connectivity index (χ4n) is 2.08. The Labute approximate surface area is 146 Å². The molecule has 0 unspecified atom stereocenters. The molecule has 4 nitrogen and oxygen atoms in total. The minimum Gasteiger partial charge on any atom is -0.347 e. The highest BCUT2D eigenvalue weighted by molar-refractivity contribution is 9.10. The molecule has 1 aromatic carbocycles. The lowest BCUT2D eigenvalue weighted by molar-refractivity contribution is -0.116. The topological polar surface area (TPSA) is 46.4 Å². The van der Waals surface area contributed by atoms with E-state index in [1.807, 2.05) is 41.1 Å². The monoisotopic (exact) mass is 389 g/mol. The molecule has 2 aromatic heterocycles. The van der Waals surface area contributed by atoms with E-state index in [0.29, 0.717) is 11.6 Å². The van der Waals surface area contributed by atoms with Crippen LogP contribution < -0.4 is 5.32 Å². The molecule has 0 fully saturated rings. The predicted octanol–water partition coefficient (Wildman–Crippen LogP) is 4.08. The van der Waals surface area contributed by atoms with Crippen LogP contribution in [0.1, 0.15) is 11.3 Å². The lowest BCUT2D eigenvalue weighted by Crippen LogP contribution is -2.20. The summed E-state index contributed by atoms with van der Waals surface area (Å²) >= 11 is 9.24. The van der Waals surface area contributed by atoms with Crippen LogP contribution in [0.4, 0.5) is 0 Å². The molecule has 0 spiro atoms. The zero-order chi connectivity index (χ0) is 16.2. The highest BCUT2D eigenvalue weighted by Crippen LogP contribution is 2.12. The second-order valence-electron chi connectivity index (χ2n) is 4.95. The van der Waals surface area contributed by atoms with Gasteiger partial charge in [-0.25, -0.2) is 4.98 Å². The summed E-state index contributed by atoms with van der Waals surface area (Å²) in [6, 6.07) is 11.1. The van der Waals surface area contributed by atoms with Crippen LogP contribution >= 0.6 is 27.5 Å². The predicted molar refractivity (Wildman–Crippen MR) is 95.2 cm³/mol. The molecule has 1 amide bonds.